The number of rotatable bonds is 1. The molecule has 0 aliphatic carbocycles. The number of nitrogens with one attached hydrogen (secondary N) is 1. The molecule has 2 heterocycles. The van der Waals surface area contributed by atoms with E-state index in [0.717, 1.165) is 5.65 Å². The molecule has 0 aliphatic rings. The van der Waals surface area contributed by atoms with Crippen molar-refractivity contribution in [1.82, 2.24) is 9.97 Å². The van der Waals surface area contributed by atoms with Crippen LogP contribution in [-0.2, 0) is 0 Å². The average molecular weight is 164 g/mol. The summed E-state index contributed by atoms with van der Waals surface area (Å²) < 4.78 is 0. The summed E-state index contributed by atoms with van der Waals surface area (Å²) in [5.74, 6) is 0. The molecule has 0 amide bonds. The minimum absolute atomic E-state index is 0.969. The molecule has 0 unspecified atom stereocenters. The van der Waals surface area contributed by atoms with Crippen molar-refractivity contribution in [1.29, 1.82) is 0 Å². The predicted molar refractivity (Wildman–Crippen MR) is 47.9 cm³/mol. The van der Waals surface area contributed by atoms with Gasteiger partial charge in [0.05, 0.1) is 0 Å². The first-order valence-electron chi connectivity index (χ1n) is 3.38. The van der Waals surface area contributed by atoms with Crippen LogP contribution in [0.3, 0.4) is 0 Å². The Labute approximate surface area is 69.0 Å². The molecule has 0 atom stereocenters. The Bertz CT molecular complexity index is 367. The maximum absolute atomic E-state index is 4.18. The largest absolute Gasteiger partial charge is 0.345 e. The summed E-state index contributed by atoms with van der Waals surface area (Å²) in [6.45, 7) is 0. The molecule has 1 N–H and O–H groups in total. The minimum atomic E-state index is 0.969. The molecular formula is C8H8N2S. The van der Waals surface area contributed by atoms with Crippen molar-refractivity contribution in [3.63, 3.8) is 0 Å². The zero-order chi connectivity index (χ0) is 7.68. The molecule has 0 saturated heterocycles. The molecule has 11 heavy (non-hydrogen) atoms. The van der Waals surface area contributed by atoms with Crippen LogP contribution in [0.2, 0.25) is 0 Å². The van der Waals surface area contributed by atoms with Gasteiger partial charge in [-0.25, -0.2) is 4.98 Å². The maximum Gasteiger partial charge on any atom is 0.138 e. The Balaban J connectivity index is 2.76. The summed E-state index contributed by atoms with van der Waals surface area (Å²) in [5, 5.41) is 1.21. The van der Waals surface area contributed by atoms with Gasteiger partial charge in [-0.15, -0.1) is 11.8 Å². The average Bonchev–Trinajstić information content (AvgIpc) is 2.47. The van der Waals surface area contributed by atoms with Gasteiger partial charge in [0, 0.05) is 22.7 Å². The standard InChI is InChI=1S/C8H8N2S/c1-11-7-5-10-8-6(7)3-2-4-9-8/h2-5H,1H3,(H,9,10). The second-order valence-corrected chi connectivity index (χ2v) is 3.10. The monoisotopic (exact) mass is 164 g/mol. The fraction of sp³-hybridized carbons (Fsp3) is 0.125. The van der Waals surface area contributed by atoms with Crippen LogP contribution < -0.4 is 0 Å². The number of fused-ring (bicyclic) bond motifs is 1. The van der Waals surface area contributed by atoms with Crippen LogP contribution >= 0.6 is 11.8 Å². The van der Waals surface area contributed by atoms with Crippen LogP contribution in [0.25, 0.3) is 11.0 Å². The first-order valence-corrected chi connectivity index (χ1v) is 4.60. The van der Waals surface area contributed by atoms with Gasteiger partial charge >= 0.3 is 0 Å². The van der Waals surface area contributed by atoms with E-state index in [1.54, 1.807) is 18.0 Å². The van der Waals surface area contributed by atoms with E-state index in [4.69, 9.17) is 0 Å². The lowest BCUT2D eigenvalue weighted by molar-refractivity contribution is 1.32. The van der Waals surface area contributed by atoms with Gasteiger partial charge in [0.1, 0.15) is 5.65 Å². The Morgan fingerprint density at radius 3 is 3.27 bits per heavy atom. The van der Waals surface area contributed by atoms with Gasteiger partial charge in [0.15, 0.2) is 0 Å². The summed E-state index contributed by atoms with van der Waals surface area (Å²) in [4.78, 5) is 8.55. The second kappa shape index (κ2) is 2.58. The van der Waals surface area contributed by atoms with Gasteiger partial charge in [0.25, 0.3) is 0 Å². The van der Waals surface area contributed by atoms with Gasteiger partial charge in [0.2, 0.25) is 0 Å². The zero-order valence-electron chi connectivity index (χ0n) is 6.16. The molecular weight excluding hydrogens is 156 g/mol. The molecule has 0 saturated carbocycles. The van der Waals surface area contributed by atoms with Gasteiger partial charge in [-0.1, -0.05) is 0 Å². The van der Waals surface area contributed by atoms with Crippen molar-refractivity contribution in [2.75, 3.05) is 6.26 Å². The smallest absolute Gasteiger partial charge is 0.138 e. The topological polar surface area (TPSA) is 28.7 Å². The molecule has 2 rings (SSSR count). The third-order valence-electron chi connectivity index (χ3n) is 1.63. The van der Waals surface area contributed by atoms with Gasteiger partial charge in [-0.05, 0) is 18.4 Å². The summed E-state index contributed by atoms with van der Waals surface area (Å²) in [6.07, 6.45) is 5.85. The van der Waals surface area contributed by atoms with Crippen LogP contribution in [-0.4, -0.2) is 16.2 Å². The Kier molecular flexibility index (Phi) is 1.58. The molecule has 3 heteroatoms. The van der Waals surface area contributed by atoms with Crippen molar-refractivity contribution in [2.45, 2.75) is 4.90 Å². The van der Waals surface area contributed by atoms with E-state index in [-0.39, 0.29) is 0 Å². The van der Waals surface area contributed by atoms with E-state index >= 15 is 0 Å². The van der Waals surface area contributed by atoms with Gasteiger partial charge < -0.3 is 4.98 Å². The molecule has 0 aromatic carbocycles. The van der Waals surface area contributed by atoms with E-state index in [9.17, 15) is 0 Å². The van der Waals surface area contributed by atoms with Gasteiger partial charge in [-0.3, -0.25) is 0 Å². The third kappa shape index (κ3) is 1.01. The molecule has 0 bridgehead atoms. The summed E-state index contributed by atoms with van der Waals surface area (Å²) in [6, 6.07) is 4.03. The van der Waals surface area contributed by atoms with Crippen LogP contribution in [0, 0.1) is 0 Å². The quantitative estimate of drug-likeness (QED) is 0.655. The SMILES string of the molecule is CSc1c[nH]c2ncccc12. The highest BCUT2D eigenvalue weighted by atomic mass is 32.2. The molecule has 0 aliphatic heterocycles. The number of thioether (sulfide) groups is 1. The van der Waals surface area contributed by atoms with Crippen molar-refractivity contribution < 1.29 is 0 Å². The lowest BCUT2D eigenvalue weighted by Crippen LogP contribution is -1.71. The van der Waals surface area contributed by atoms with E-state index in [1.807, 2.05) is 12.3 Å². The zero-order valence-corrected chi connectivity index (χ0v) is 6.98. The molecule has 2 aromatic rings. The maximum atomic E-state index is 4.18. The van der Waals surface area contributed by atoms with Crippen LogP contribution in [0.4, 0.5) is 0 Å². The Morgan fingerprint density at radius 1 is 1.55 bits per heavy atom. The van der Waals surface area contributed by atoms with Crippen molar-refractivity contribution in [3.8, 4) is 0 Å². The number of hydrogen-bond acceptors (Lipinski definition) is 2. The Morgan fingerprint density at radius 2 is 2.45 bits per heavy atom. The van der Waals surface area contributed by atoms with Crippen LogP contribution in [0.5, 0.6) is 0 Å². The molecule has 0 fully saturated rings. The minimum Gasteiger partial charge on any atom is -0.345 e. The first-order chi connectivity index (χ1) is 5.42. The Hall–Kier alpha value is -0.960. The molecule has 2 aromatic heterocycles. The normalized spacial score (nSPS) is 10.6. The number of aromatic nitrogens is 2. The third-order valence-corrected chi connectivity index (χ3v) is 2.41. The van der Waals surface area contributed by atoms with Crippen LogP contribution in [0.15, 0.2) is 29.4 Å². The van der Waals surface area contributed by atoms with E-state index in [0.29, 0.717) is 0 Å². The number of aromatic amines is 1. The van der Waals surface area contributed by atoms with E-state index < -0.39 is 0 Å². The number of nitrogens with zero attached hydrogens (tertiary/aromatic N) is 1. The van der Waals surface area contributed by atoms with Gasteiger partial charge in [-0.2, -0.15) is 0 Å². The molecule has 0 spiro atoms. The van der Waals surface area contributed by atoms with Crippen LogP contribution in [0.1, 0.15) is 0 Å². The fourth-order valence-corrected chi connectivity index (χ4v) is 1.66. The highest BCUT2D eigenvalue weighted by Crippen LogP contribution is 2.23. The highest BCUT2D eigenvalue weighted by Gasteiger charge is 2.00. The number of hydrogen-bond donors (Lipinski definition) is 1. The predicted octanol–water partition coefficient (Wildman–Crippen LogP) is 2.28. The summed E-state index contributed by atoms with van der Waals surface area (Å²) >= 11 is 1.73. The molecule has 56 valence electrons. The fourth-order valence-electron chi connectivity index (χ4n) is 1.10. The van der Waals surface area contributed by atoms with Crippen molar-refractivity contribution >= 4 is 22.8 Å². The van der Waals surface area contributed by atoms with E-state index in [2.05, 4.69) is 22.3 Å². The van der Waals surface area contributed by atoms with Crippen molar-refractivity contribution in [2.24, 2.45) is 0 Å². The number of pyridine rings is 1. The second-order valence-electron chi connectivity index (χ2n) is 2.26. The lowest BCUT2D eigenvalue weighted by atomic mass is 10.3. The number of H-pyrrole nitrogens is 1. The molecule has 2 nitrogen and oxygen atoms in total. The molecule has 0 radical (unpaired) electrons. The first kappa shape index (κ1) is 6.73. The summed E-state index contributed by atoms with van der Waals surface area (Å²) in [7, 11) is 0. The van der Waals surface area contributed by atoms with E-state index in [1.165, 1.54) is 10.3 Å². The summed E-state index contributed by atoms with van der Waals surface area (Å²) in [5.41, 5.74) is 0.969. The lowest BCUT2D eigenvalue weighted by Gasteiger charge is -1.89. The highest BCUT2D eigenvalue weighted by molar-refractivity contribution is 7.98. The van der Waals surface area contributed by atoms with Crippen molar-refractivity contribution in [3.05, 3.63) is 24.5 Å².